The van der Waals surface area contributed by atoms with Gasteiger partial charge in [0.25, 0.3) is 5.91 Å². The lowest BCUT2D eigenvalue weighted by atomic mass is 10.1. The number of aryl methyl sites for hydroxylation is 1. The van der Waals surface area contributed by atoms with Crippen molar-refractivity contribution >= 4 is 33.3 Å². The Hall–Kier alpha value is -2.91. The number of amides is 1. The van der Waals surface area contributed by atoms with Gasteiger partial charge in [-0.05, 0) is 36.6 Å². The average molecular weight is 431 g/mol. The number of thiophene rings is 1. The smallest absolute Gasteiger partial charge is 0.261 e. The van der Waals surface area contributed by atoms with Crippen LogP contribution in [-0.4, -0.2) is 56.9 Å². The van der Waals surface area contributed by atoms with Crippen LogP contribution in [-0.2, 0) is 11.2 Å². The maximum absolute atomic E-state index is 12.5. The van der Waals surface area contributed by atoms with Crippen LogP contribution in [0.4, 0.5) is 5.82 Å². The van der Waals surface area contributed by atoms with Crippen LogP contribution in [0, 0.1) is 6.92 Å². The molecule has 1 amide bonds. The van der Waals surface area contributed by atoms with Gasteiger partial charge in [0.15, 0.2) is 11.5 Å². The number of methoxy groups -OCH3 is 3. The topological polar surface area (TPSA) is 94.6 Å². The van der Waals surface area contributed by atoms with E-state index in [0.29, 0.717) is 36.1 Å². The number of benzene rings is 1. The molecule has 0 radical (unpaired) electrons. The number of carbonyl (C=O) groups is 1. The van der Waals surface area contributed by atoms with Crippen molar-refractivity contribution in [3.05, 3.63) is 40.5 Å². The van der Waals surface area contributed by atoms with Gasteiger partial charge in [-0.25, -0.2) is 9.97 Å². The predicted octanol–water partition coefficient (Wildman–Crippen LogP) is 3.05. The fraction of sp³-hybridized carbons (Fsp3) is 0.381. The highest BCUT2D eigenvalue weighted by molar-refractivity contribution is 7.20. The van der Waals surface area contributed by atoms with E-state index in [4.69, 9.17) is 14.2 Å². The molecule has 8 nitrogen and oxygen atoms in total. The van der Waals surface area contributed by atoms with E-state index in [1.807, 2.05) is 25.1 Å². The van der Waals surface area contributed by atoms with Gasteiger partial charge in [0.1, 0.15) is 17.0 Å². The highest BCUT2D eigenvalue weighted by atomic mass is 32.1. The highest BCUT2D eigenvalue weighted by Gasteiger charge is 2.19. The molecule has 2 N–H and O–H groups in total. The van der Waals surface area contributed by atoms with Crippen molar-refractivity contribution in [2.45, 2.75) is 13.3 Å². The monoisotopic (exact) mass is 430 g/mol. The zero-order chi connectivity index (χ0) is 21.5. The van der Waals surface area contributed by atoms with Gasteiger partial charge in [-0.1, -0.05) is 6.07 Å². The number of hydrogen-bond acceptors (Lipinski definition) is 8. The number of nitrogens with one attached hydrogen (secondary N) is 2. The third kappa shape index (κ3) is 4.80. The molecule has 3 rings (SSSR count). The summed E-state index contributed by atoms with van der Waals surface area (Å²) in [5.41, 5.74) is 1.99. The summed E-state index contributed by atoms with van der Waals surface area (Å²) in [5, 5.41) is 7.12. The Kier molecular flexibility index (Phi) is 7.42. The SMILES string of the molecule is COCCNC(=O)c1sc2ncnc(NCCc3ccc(OC)c(OC)c3)c2c1C. The number of rotatable bonds is 10. The third-order valence-corrected chi connectivity index (χ3v) is 5.88. The van der Waals surface area contributed by atoms with Gasteiger partial charge >= 0.3 is 0 Å². The minimum Gasteiger partial charge on any atom is -0.493 e. The zero-order valence-electron chi connectivity index (χ0n) is 17.6. The number of fused-ring (bicyclic) bond motifs is 1. The van der Waals surface area contributed by atoms with E-state index in [9.17, 15) is 4.79 Å². The lowest BCUT2D eigenvalue weighted by molar-refractivity contribution is 0.0940. The second kappa shape index (κ2) is 10.2. The second-order valence-corrected chi connectivity index (χ2v) is 7.57. The molecular formula is C21H26N4O4S. The normalized spacial score (nSPS) is 10.8. The Morgan fingerprint density at radius 2 is 1.90 bits per heavy atom. The molecule has 160 valence electrons. The van der Waals surface area contributed by atoms with Gasteiger partial charge in [0.2, 0.25) is 0 Å². The van der Waals surface area contributed by atoms with Crippen LogP contribution >= 0.6 is 11.3 Å². The molecule has 0 aliphatic carbocycles. The van der Waals surface area contributed by atoms with Crippen LogP contribution in [0.15, 0.2) is 24.5 Å². The van der Waals surface area contributed by atoms with Crippen molar-refractivity contribution < 1.29 is 19.0 Å². The van der Waals surface area contributed by atoms with Crippen molar-refractivity contribution in [3.63, 3.8) is 0 Å². The Balaban J connectivity index is 1.73. The molecule has 0 spiro atoms. The standard InChI is InChI=1S/C21H26N4O4S/c1-13-17-19(22-8-7-14-5-6-15(28-3)16(11-14)29-4)24-12-25-21(17)30-18(13)20(26)23-9-10-27-2/h5-6,11-12H,7-10H2,1-4H3,(H,23,26)(H,22,24,25). The summed E-state index contributed by atoms with van der Waals surface area (Å²) in [6.07, 6.45) is 2.29. The zero-order valence-corrected chi connectivity index (χ0v) is 18.4. The molecule has 0 atom stereocenters. The summed E-state index contributed by atoms with van der Waals surface area (Å²) in [6.45, 7) is 3.53. The van der Waals surface area contributed by atoms with Crippen molar-refractivity contribution in [1.82, 2.24) is 15.3 Å². The van der Waals surface area contributed by atoms with Gasteiger partial charge in [0, 0.05) is 20.2 Å². The largest absolute Gasteiger partial charge is 0.493 e. The number of carbonyl (C=O) groups excluding carboxylic acids is 1. The molecule has 2 aromatic heterocycles. The third-order valence-electron chi connectivity index (χ3n) is 4.68. The molecule has 0 aliphatic heterocycles. The van der Waals surface area contributed by atoms with E-state index in [1.54, 1.807) is 21.3 Å². The minimum atomic E-state index is -0.121. The van der Waals surface area contributed by atoms with Gasteiger partial charge in [-0.15, -0.1) is 11.3 Å². The number of hydrogen-bond donors (Lipinski definition) is 2. The molecule has 0 fully saturated rings. The van der Waals surface area contributed by atoms with E-state index in [1.165, 1.54) is 17.7 Å². The van der Waals surface area contributed by atoms with Crippen molar-refractivity contribution in [2.75, 3.05) is 46.3 Å². The van der Waals surface area contributed by atoms with Crippen LogP contribution in [0.3, 0.4) is 0 Å². The molecule has 0 saturated carbocycles. The molecule has 2 heterocycles. The second-order valence-electron chi connectivity index (χ2n) is 6.57. The molecule has 0 aliphatic rings. The van der Waals surface area contributed by atoms with Crippen molar-refractivity contribution in [3.8, 4) is 11.5 Å². The van der Waals surface area contributed by atoms with Crippen LogP contribution < -0.4 is 20.1 Å². The van der Waals surface area contributed by atoms with Gasteiger partial charge in [-0.3, -0.25) is 4.79 Å². The maximum Gasteiger partial charge on any atom is 0.261 e. The number of aromatic nitrogens is 2. The van der Waals surface area contributed by atoms with E-state index in [0.717, 1.165) is 33.6 Å². The van der Waals surface area contributed by atoms with Gasteiger partial charge in [0.05, 0.1) is 31.1 Å². The van der Waals surface area contributed by atoms with Crippen molar-refractivity contribution in [2.24, 2.45) is 0 Å². The molecule has 3 aromatic rings. The maximum atomic E-state index is 12.5. The van der Waals surface area contributed by atoms with E-state index >= 15 is 0 Å². The molecular weight excluding hydrogens is 404 g/mol. The molecule has 1 aromatic carbocycles. The summed E-state index contributed by atoms with van der Waals surface area (Å²) >= 11 is 1.37. The van der Waals surface area contributed by atoms with E-state index in [2.05, 4.69) is 20.6 Å². The molecule has 0 unspecified atom stereocenters. The average Bonchev–Trinajstić information content (AvgIpc) is 3.11. The Labute approximate surface area is 179 Å². The minimum absolute atomic E-state index is 0.121. The first-order valence-corrected chi connectivity index (χ1v) is 10.4. The Morgan fingerprint density at radius 3 is 2.63 bits per heavy atom. The summed E-state index contributed by atoms with van der Waals surface area (Å²) in [5.74, 6) is 2.02. The molecule has 0 saturated heterocycles. The first-order chi connectivity index (χ1) is 14.6. The first kappa shape index (κ1) is 21.8. The van der Waals surface area contributed by atoms with Gasteiger partial charge in [-0.2, -0.15) is 0 Å². The first-order valence-electron chi connectivity index (χ1n) is 9.55. The quantitative estimate of drug-likeness (QED) is 0.477. The lowest BCUT2D eigenvalue weighted by Gasteiger charge is -2.11. The van der Waals surface area contributed by atoms with Crippen molar-refractivity contribution in [1.29, 1.82) is 0 Å². The van der Waals surface area contributed by atoms with Crippen LogP contribution in [0.5, 0.6) is 11.5 Å². The summed E-state index contributed by atoms with van der Waals surface area (Å²) < 4.78 is 15.6. The fourth-order valence-corrected chi connectivity index (χ4v) is 4.20. The predicted molar refractivity (Wildman–Crippen MR) is 118 cm³/mol. The van der Waals surface area contributed by atoms with Crippen LogP contribution in [0.2, 0.25) is 0 Å². The fourth-order valence-electron chi connectivity index (χ4n) is 3.13. The number of ether oxygens (including phenoxy) is 3. The summed E-state index contributed by atoms with van der Waals surface area (Å²) in [6, 6.07) is 5.87. The highest BCUT2D eigenvalue weighted by Crippen LogP contribution is 2.33. The lowest BCUT2D eigenvalue weighted by Crippen LogP contribution is -2.26. The molecule has 9 heteroatoms. The van der Waals surface area contributed by atoms with E-state index in [-0.39, 0.29) is 5.91 Å². The Bertz CT molecular complexity index is 1020. The van der Waals surface area contributed by atoms with Gasteiger partial charge < -0.3 is 24.8 Å². The Morgan fingerprint density at radius 1 is 1.10 bits per heavy atom. The summed E-state index contributed by atoms with van der Waals surface area (Å²) in [4.78, 5) is 22.7. The van der Waals surface area contributed by atoms with E-state index < -0.39 is 0 Å². The number of anilines is 1. The number of nitrogens with zero attached hydrogens (tertiary/aromatic N) is 2. The van der Waals surface area contributed by atoms with Crippen LogP contribution in [0.1, 0.15) is 20.8 Å². The molecule has 0 bridgehead atoms. The molecule has 30 heavy (non-hydrogen) atoms. The van der Waals surface area contributed by atoms with Crippen LogP contribution in [0.25, 0.3) is 10.2 Å². The summed E-state index contributed by atoms with van der Waals surface area (Å²) in [7, 11) is 4.85.